The summed E-state index contributed by atoms with van der Waals surface area (Å²) in [5.74, 6) is -1.75. The Morgan fingerprint density at radius 3 is 2.92 bits per heavy atom. The van der Waals surface area contributed by atoms with Gasteiger partial charge in [-0.1, -0.05) is 13.0 Å². The van der Waals surface area contributed by atoms with E-state index in [2.05, 4.69) is 11.5 Å². The first kappa shape index (κ1) is 17.5. The zero-order chi connectivity index (χ0) is 17.4. The lowest BCUT2D eigenvalue weighted by atomic mass is 9.82. The molecule has 3 rings (SSSR count). The van der Waals surface area contributed by atoms with Crippen molar-refractivity contribution in [1.82, 2.24) is 9.80 Å². The van der Waals surface area contributed by atoms with Crippen LogP contribution in [0.25, 0.3) is 0 Å². The van der Waals surface area contributed by atoms with Crippen molar-refractivity contribution in [2.45, 2.75) is 43.6 Å². The average Bonchev–Trinajstić information content (AvgIpc) is 3.10. The van der Waals surface area contributed by atoms with Gasteiger partial charge in [0.05, 0.1) is 18.1 Å². The minimum atomic E-state index is -1.04. The number of carboxylic acid groups (broad SMARTS) is 1. The Hall–Kier alpha value is -1.31. The maximum absolute atomic E-state index is 12.3. The predicted molar refractivity (Wildman–Crippen MR) is 92.3 cm³/mol. The molecule has 7 heteroatoms. The molecular formula is C17H24N2O4S. The highest BCUT2D eigenvalue weighted by atomic mass is 32.2. The van der Waals surface area contributed by atoms with Crippen molar-refractivity contribution in [1.29, 1.82) is 0 Å². The number of amides is 1. The fourth-order valence-corrected chi connectivity index (χ4v) is 5.40. The Morgan fingerprint density at radius 2 is 2.29 bits per heavy atom. The molecular weight excluding hydrogens is 328 g/mol. The largest absolute Gasteiger partial charge is 0.477 e. The van der Waals surface area contributed by atoms with Gasteiger partial charge in [0.1, 0.15) is 5.70 Å². The second-order valence-electron chi connectivity index (χ2n) is 6.63. The average molecular weight is 352 g/mol. The number of aliphatic carboxylic acids is 1. The summed E-state index contributed by atoms with van der Waals surface area (Å²) in [4.78, 5) is 28.5. The lowest BCUT2D eigenvalue weighted by Crippen LogP contribution is -2.62. The van der Waals surface area contributed by atoms with E-state index in [0.717, 1.165) is 31.0 Å². The van der Waals surface area contributed by atoms with Crippen molar-refractivity contribution in [3.05, 3.63) is 23.3 Å². The number of thioether (sulfide) groups is 1. The summed E-state index contributed by atoms with van der Waals surface area (Å²) in [6, 6.07) is -0.188. The standard InChI is InChI=1S/C17H24N2O4S/c1-3-6-18-7-5-10(9-18)24-13-8-11-14(12(20)4-2)16(21)19(11)15(13)17(22)23/h3,10-12,14,20H,1,4-9H2,2H3,(H,22,23)/t10-,11+,12-,14+/m0/s1. The van der Waals surface area contributed by atoms with Gasteiger partial charge in [0, 0.05) is 29.7 Å². The highest BCUT2D eigenvalue weighted by Gasteiger charge is 2.57. The molecule has 0 aliphatic carbocycles. The van der Waals surface area contributed by atoms with E-state index in [4.69, 9.17) is 0 Å². The summed E-state index contributed by atoms with van der Waals surface area (Å²) in [5, 5.41) is 20.0. The van der Waals surface area contributed by atoms with Crippen LogP contribution in [0, 0.1) is 5.92 Å². The smallest absolute Gasteiger partial charge is 0.353 e. The van der Waals surface area contributed by atoms with E-state index in [1.807, 2.05) is 13.0 Å². The maximum Gasteiger partial charge on any atom is 0.353 e. The van der Waals surface area contributed by atoms with Crippen LogP contribution in [0.1, 0.15) is 26.2 Å². The number of hydrogen-bond donors (Lipinski definition) is 2. The van der Waals surface area contributed by atoms with Crippen molar-refractivity contribution in [2.75, 3.05) is 19.6 Å². The number of rotatable bonds is 7. The van der Waals surface area contributed by atoms with Crippen molar-refractivity contribution < 1.29 is 19.8 Å². The van der Waals surface area contributed by atoms with Crippen LogP contribution in [-0.4, -0.2) is 68.9 Å². The lowest BCUT2D eigenvalue weighted by Gasteiger charge is -2.45. The molecule has 0 spiro atoms. The maximum atomic E-state index is 12.3. The molecule has 0 bridgehead atoms. The van der Waals surface area contributed by atoms with Gasteiger partial charge in [0.15, 0.2) is 0 Å². The summed E-state index contributed by atoms with van der Waals surface area (Å²) in [5.41, 5.74) is 0.136. The van der Waals surface area contributed by atoms with E-state index in [-0.39, 0.29) is 17.6 Å². The fraction of sp³-hybridized carbons (Fsp3) is 0.647. The number of likely N-dealkylation sites (tertiary alicyclic amines) is 1. The molecule has 4 atom stereocenters. The van der Waals surface area contributed by atoms with Gasteiger partial charge >= 0.3 is 5.97 Å². The number of aliphatic hydroxyl groups excluding tert-OH is 1. The third kappa shape index (κ3) is 2.89. The first-order valence-electron chi connectivity index (χ1n) is 8.45. The van der Waals surface area contributed by atoms with E-state index in [9.17, 15) is 19.8 Å². The number of fused-ring (bicyclic) bond motifs is 1. The summed E-state index contributed by atoms with van der Waals surface area (Å²) < 4.78 is 0. The number of nitrogens with zero attached hydrogens (tertiary/aromatic N) is 2. The molecule has 2 saturated heterocycles. The molecule has 1 amide bonds. The Kier molecular flexibility index (Phi) is 5.03. The normalized spacial score (nSPS) is 31.2. The van der Waals surface area contributed by atoms with E-state index in [0.29, 0.717) is 18.1 Å². The quantitative estimate of drug-likeness (QED) is 0.531. The topological polar surface area (TPSA) is 81.1 Å². The molecule has 0 aromatic carbocycles. The second-order valence-corrected chi connectivity index (χ2v) is 8.03. The summed E-state index contributed by atoms with van der Waals surface area (Å²) in [7, 11) is 0. The molecule has 3 aliphatic rings. The van der Waals surface area contributed by atoms with Crippen LogP contribution in [0.4, 0.5) is 0 Å². The number of carbonyl (C=O) groups is 2. The molecule has 3 aliphatic heterocycles. The van der Waals surface area contributed by atoms with Gasteiger partial charge in [0.2, 0.25) is 5.91 Å². The van der Waals surface area contributed by atoms with Crippen LogP contribution in [0.5, 0.6) is 0 Å². The highest BCUT2D eigenvalue weighted by molar-refractivity contribution is 8.03. The van der Waals surface area contributed by atoms with Gasteiger partial charge in [-0.25, -0.2) is 4.79 Å². The van der Waals surface area contributed by atoms with Crippen LogP contribution in [0.15, 0.2) is 23.3 Å². The van der Waals surface area contributed by atoms with Crippen LogP contribution >= 0.6 is 11.8 Å². The molecule has 2 N–H and O–H groups in total. The number of β-lactam (4-membered cyclic amide) rings is 1. The minimum Gasteiger partial charge on any atom is -0.477 e. The Labute approximate surface area is 146 Å². The van der Waals surface area contributed by atoms with Crippen LogP contribution < -0.4 is 0 Å². The Morgan fingerprint density at radius 1 is 1.54 bits per heavy atom. The first-order chi connectivity index (χ1) is 11.5. The Balaban J connectivity index is 1.72. The summed E-state index contributed by atoms with van der Waals surface area (Å²) >= 11 is 1.60. The molecule has 6 nitrogen and oxygen atoms in total. The van der Waals surface area contributed by atoms with Crippen molar-refractivity contribution >= 4 is 23.6 Å². The Bertz CT molecular complexity index is 591. The summed E-state index contributed by atoms with van der Waals surface area (Å²) in [6.45, 7) is 8.34. The third-order valence-corrected chi connectivity index (χ3v) is 6.49. The summed E-state index contributed by atoms with van der Waals surface area (Å²) in [6.07, 6.45) is 3.26. The van der Waals surface area contributed by atoms with Crippen molar-refractivity contribution in [3.63, 3.8) is 0 Å². The molecule has 24 heavy (non-hydrogen) atoms. The fourth-order valence-electron chi connectivity index (χ4n) is 3.93. The zero-order valence-electron chi connectivity index (χ0n) is 13.9. The molecule has 0 aromatic rings. The van der Waals surface area contributed by atoms with Gasteiger partial charge in [0.25, 0.3) is 0 Å². The molecule has 0 radical (unpaired) electrons. The monoisotopic (exact) mass is 352 g/mol. The second kappa shape index (κ2) is 6.90. The van der Waals surface area contributed by atoms with Crippen LogP contribution in [0.3, 0.4) is 0 Å². The minimum absolute atomic E-state index is 0.136. The molecule has 0 aromatic heterocycles. The number of carboxylic acids is 1. The van der Waals surface area contributed by atoms with Gasteiger partial charge in [-0.05, 0) is 19.4 Å². The molecule has 132 valence electrons. The van der Waals surface area contributed by atoms with E-state index in [1.54, 1.807) is 11.8 Å². The van der Waals surface area contributed by atoms with Crippen molar-refractivity contribution in [3.8, 4) is 0 Å². The van der Waals surface area contributed by atoms with Crippen LogP contribution in [-0.2, 0) is 9.59 Å². The zero-order valence-corrected chi connectivity index (χ0v) is 14.7. The molecule has 0 unspecified atom stereocenters. The number of aliphatic hydroxyl groups is 1. The molecule has 3 heterocycles. The van der Waals surface area contributed by atoms with E-state index >= 15 is 0 Å². The highest BCUT2D eigenvalue weighted by Crippen LogP contribution is 2.48. The van der Waals surface area contributed by atoms with Gasteiger partial charge in [-0.3, -0.25) is 9.69 Å². The van der Waals surface area contributed by atoms with Crippen molar-refractivity contribution in [2.24, 2.45) is 5.92 Å². The number of hydrogen-bond acceptors (Lipinski definition) is 5. The first-order valence-corrected chi connectivity index (χ1v) is 9.33. The van der Waals surface area contributed by atoms with Gasteiger partial charge in [-0.2, -0.15) is 0 Å². The van der Waals surface area contributed by atoms with E-state index < -0.39 is 18.0 Å². The van der Waals surface area contributed by atoms with Crippen LogP contribution in [0.2, 0.25) is 0 Å². The number of carbonyl (C=O) groups excluding carboxylic acids is 1. The van der Waals surface area contributed by atoms with Gasteiger partial charge in [-0.15, -0.1) is 18.3 Å². The van der Waals surface area contributed by atoms with Gasteiger partial charge < -0.3 is 15.1 Å². The molecule has 2 fully saturated rings. The van der Waals surface area contributed by atoms with E-state index in [1.165, 1.54) is 4.90 Å². The molecule has 0 saturated carbocycles. The third-order valence-electron chi connectivity index (χ3n) is 5.13. The lowest BCUT2D eigenvalue weighted by molar-refractivity contribution is -0.162. The predicted octanol–water partition coefficient (Wildman–Crippen LogP) is 1.28. The SMILES string of the molecule is C=CCN1CC[C@H](SC2=C(C(=O)O)N3C(=O)[C@@H]([C@@H](O)CC)[C@H]3C2)C1.